The summed E-state index contributed by atoms with van der Waals surface area (Å²) in [4.78, 5) is 19.9. The van der Waals surface area contributed by atoms with Gasteiger partial charge in [-0.25, -0.2) is 9.97 Å². The van der Waals surface area contributed by atoms with E-state index in [4.69, 9.17) is 19.9 Å². The molecule has 3 heterocycles. The lowest BCUT2D eigenvalue weighted by Gasteiger charge is -2.22. The molecule has 3 aromatic heterocycles. The minimum absolute atomic E-state index is 0.273. The van der Waals surface area contributed by atoms with Crippen LogP contribution in [0.2, 0.25) is 0 Å². The average molecular weight is 704 g/mol. The molecule has 0 saturated carbocycles. The molecule has 5 heteroatoms. The van der Waals surface area contributed by atoms with E-state index in [1.807, 2.05) is 67.0 Å². The summed E-state index contributed by atoms with van der Waals surface area (Å²) < 4.78 is 0. The van der Waals surface area contributed by atoms with Crippen molar-refractivity contribution in [2.24, 2.45) is 0 Å². The molecule has 1 aliphatic carbocycles. The summed E-state index contributed by atoms with van der Waals surface area (Å²) in [7, 11) is 0. The van der Waals surface area contributed by atoms with Gasteiger partial charge in [0.15, 0.2) is 5.82 Å². The van der Waals surface area contributed by atoms with Crippen LogP contribution < -0.4 is 0 Å². The second-order valence-electron chi connectivity index (χ2n) is 14.6. The average Bonchev–Trinajstić information content (AvgIpc) is 3.48. The van der Waals surface area contributed by atoms with Gasteiger partial charge in [0, 0.05) is 45.3 Å². The van der Waals surface area contributed by atoms with Crippen LogP contribution in [0.3, 0.4) is 0 Å². The molecular formula is C50H33N5. The van der Waals surface area contributed by atoms with Crippen LogP contribution in [0.1, 0.15) is 30.5 Å². The zero-order valence-electron chi connectivity index (χ0n) is 30.3. The van der Waals surface area contributed by atoms with Crippen LogP contribution in [0.15, 0.2) is 164 Å². The smallest absolute Gasteiger partial charge is 0.160 e. The molecule has 0 N–H and O–H groups in total. The molecule has 55 heavy (non-hydrogen) atoms. The van der Waals surface area contributed by atoms with Crippen molar-refractivity contribution in [2.45, 2.75) is 19.3 Å². The number of hydrogen-bond donors (Lipinski definition) is 0. The monoisotopic (exact) mass is 703 g/mol. The Morgan fingerprint density at radius 1 is 0.473 bits per heavy atom. The van der Waals surface area contributed by atoms with Gasteiger partial charge in [0.2, 0.25) is 0 Å². The third-order valence-electron chi connectivity index (χ3n) is 11.0. The zero-order valence-corrected chi connectivity index (χ0v) is 30.3. The number of rotatable bonds is 5. The van der Waals surface area contributed by atoms with Gasteiger partial charge < -0.3 is 0 Å². The standard InChI is InChI=1S/C50H33N5/c1-50(2)43-24-31(30-51)15-18-40(43)41-19-17-35(28-44(41)50)36-25-37(39-21-23-53-48-42(39)20-16-33-14-9-22-52-47(33)48)27-38(26-36)46-29-45(32-10-5-3-6-11-32)54-49(55-46)34-12-7-4-8-13-34/h3-29H,1-2H3. The van der Waals surface area contributed by atoms with Crippen molar-refractivity contribution in [3.05, 3.63) is 181 Å². The van der Waals surface area contributed by atoms with Crippen molar-refractivity contribution in [2.75, 3.05) is 0 Å². The molecular weight excluding hydrogens is 671 g/mol. The largest absolute Gasteiger partial charge is 0.254 e. The molecule has 9 aromatic rings. The third kappa shape index (κ3) is 5.47. The van der Waals surface area contributed by atoms with E-state index < -0.39 is 0 Å². The first-order chi connectivity index (χ1) is 26.9. The Morgan fingerprint density at radius 3 is 1.93 bits per heavy atom. The fraction of sp³-hybridized carbons (Fsp3) is 0.0600. The van der Waals surface area contributed by atoms with Crippen molar-refractivity contribution < 1.29 is 0 Å². The number of benzene rings is 6. The van der Waals surface area contributed by atoms with Crippen molar-refractivity contribution in [1.82, 2.24) is 19.9 Å². The lowest BCUT2D eigenvalue weighted by molar-refractivity contribution is 0.660. The summed E-state index contributed by atoms with van der Waals surface area (Å²) in [5.74, 6) is 0.671. The number of hydrogen-bond acceptors (Lipinski definition) is 5. The normalized spacial score (nSPS) is 12.7. The lowest BCUT2D eigenvalue weighted by Crippen LogP contribution is -2.15. The molecule has 0 aliphatic heterocycles. The van der Waals surface area contributed by atoms with Gasteiger partial charge in [0.25, 0.3) is 0 Å². The van der Waals surface area contributed by atoms with Crippen molar-refractivity contribution >= 4 is 21.8 Å². The van der Waals surface area contributed by atoms with Gasteiger partial charge in [-0.2, -0.15) is 5.26 Å². The van der Waals surface area contributed by atoms with E-state index in [0.717, 1.165) is 72.1 Å². The number of aromatic nitrogens is 4. The molecule has 0 fully saturated rings. The first kappa shape index (κ1) is 32.4. The van der Waals surface area contributed by atoms with Crippen LogP contribution in [0, 0.1) is 11.3 Å². The van der Waals surface area contributed by atoms with Crippen LogP contribution >= 0.6 is 0 Å². The summed E-state index contributed by atoms with van der Waals surface area (Å²) in [6.45, 7) is 4.51. The highest BCUT2D eigenvalue weighted by molar-refractivity contribution is 6.08. The summed E-state index contributed by atoms with van der Waals surface area (Å²) in [6, 6.07) is 54.9. The number of nitrogens with zero attached hydrogens (tertiary/aromatic N) is 5. The fourth-order valence-corrected chi connectivity index (χ4v) is 8.16. The summed E-state index contributed by atoms with van der Waals surface area (Å²) in [6.07, 6.45) is 3.71. The van der Waals surface area contributed by atoms with Gasteiger partial charge in [-0.15, -0.1) is 0 Å². The molecule has 1 aliphatic rings. The van der Waals surface area contributed by atoms with Gasteiger partial charge >= 0.3 is 0 Å². The van der Waals surface area contributed by atoms with Crippen LogP contribution in [-0.4, -0.2) is 19.9 Å². The van der Waals surface area contributed by atoms with Crippen molar-refractivity contribution in [3.63, 3.8) is 0 Å². The SMILES string of the molecule is CC1(C)c2cc(C#N)ccc2-c2ccc(-c3cc(-c4cc(-c5ccccc5)nc(-c5ccccc5)n4)cc(-c4ccnc5c4ccc4cccnc45)c3)cc21. The Morgan fingerprint density at radius 2 is 1.15 bits per heavy atom. The quantitative estimate of drug-likeness (QED) is 0.167. The molecule has 0 spiro atoms. The minimum Gasteiger partial charge on any atom is -0.254 e. The Kier molecular flexibility index (Phi) is 7.47. The summed E-state index contributed by atoms with van der Waals surface area (Å²) in [5, 5.41) is 11.8. The fourth-order valence-electron chi connectivity index (χ4n) is 8.16. The highest BCUT2D eigenvalue weighted by Crippen LogP contribution is 2.50. The second-order valence-corrected chi connectivity index (χ2v) is 14.6. The second kappa shape index (κ2) is 12.7. The van der Waals surface area contributed by atoms with Crippen LogP contribution in [0.4, 0.5) is 0 Å². The molecule has 6 aromatic carbocycles. The van der Waals surface area contributed by atoms with E-state index in [-0.39, 0.29) is 5.41 Å². The van der Waals surface area contributed by atoms with Crippen LogP contribution in [0.5, 0.6) is 0 Å². The topological polar surface area (TPSA) is 75.3 Å². The molecule has 5 nitrogen and oxygen atoms in total. The van der Waals surface area contributed by atoms with Gasteiger partial charge in [0.1, 0.15) is 0 Å². The van der Waals surface area contributed by atoms with Gasteiger partial charge in [-0.3, -0.25) is 9.97 Å². The zero-order chi connectivity index (χ0) is 37.1. The Bertz CT molecular complexity index is 2960. The maximum Gasteiger partial charge on any atom is 0.160 e. The Hall–Kier alpha value is -7.29. The number of pyridine rings is 2. The predicted octanol–water partition coefficient (Wildman–Crippen LogP) is 12.1. The lowest BCUT2D eigenvalue weighted by atomic mass is 9.81. The Labute approximate surface area is 319 Å². The molecule has 258 valence electrons. The van der Waals surface area contributed by atoms with E-state index in [1.54, 1.807) is 0 Å². The molecule has 0 saturated heterocycles. The van der Waals surface area contributed by atoms with Crippen molar-refractivity contribution in [3.8, 4) is 73.4 Å². The maximum absolute atomic E-state index is 9.70. The molecule has 0 unspecified atom stereocenters. The first-order valence-electron chi connectivity index (χ1n) is 18.4. The highest BCUT2D eigenvalue weighted by Gasteiger charge is 2.36. The minimum atomic E-state index is -0.273. The van der Waals surface area contributed by atoms with Gasteiger partial charge in [0.05, 0.1) is 34.1 Å². The summed E-state index contributed by atoms with van der Waals surface area (Å²) in [5.41, 5.74) is 15.9. The van der Waals surface area contributed by atoms with E-state index in [9.17, 15) is 5.26 Å². The predicted molar refractivity (Wildman–Crippen MR) is 222 cm³/mol. The Balaban J connectivity index is 1.21. The molecule has 0 atom stereocenters. The molecule has 0 bridgehead atoms. The van der Waals surface area contributed by atoms with E-state index in [1.165, 1.54) is 22.3 Å². The summed E-state index contributed by atoms with van der Waals surface area (Å²) >= 11 is 0. The molecule has 0 amide bonds. The third-order valence-corrected chi connectivity index (χ3v) is 11.0. The number of fused-ring (bicyclic) bond motifs is 6. The van der Waals surface area contributed by atoms with Crippen LogP contribution in [0.25, 0.3) is 89.1 Å². The molecule has 10 rings (SSSR count). The highest BCUT2D eigenvalue weighted by atomic mass is 14.9. The van der Waals surface area contributed by atoms with E-state index >= 15 is 0 Å². The first-order valence-corrected chi connectivity index (χ1v) is 18.4. The number of nitriles is 1. The van der Waals surface area contributed by atoms with Gasteiger partial charge in [-0.1, -0.05) is 111 Å². The molecule has 0 radical (unpaired) electrons. The van der Waals surface area contributed by atoms with E-state index in [0.29, 0.717) is 11.4 Å². The van der Waals surface area contributed by atoms with Gasteiger partial charge in [-0.05, 0) is 99.1 Å². The van der Waals surface area contributed by atoms with E-state index in [2.05, 4.69) is 117 Å². The maximum atomic E-state index is 9.70. The van der Waals surface area contributed by atoms with Crippen molar-refractivity contribution in [1.29, 1.82) is 5.26 Å². The van der Waals surface area contributed by atoms with Crippen LogP contribution in [-0.2, 0) is 5.41 Å².